The molecule has 1 atom stereocenters. The van der Waals surface area contributed by atoms with Crippen molar-refractivity contribution in [2.75, 3.05) is 7.11 Å². The van der Waals surface area contributed by atoms with Gasteiger partial charge in [-0.15, -0.1) is 0 Å². The van der Waals surface area contributed by atoms with Gasteiger partial charge in [-0.2, -0.15) is 0 Å². The van der Waals surface area contributed by atoms with Gasteiger partial charge in [0.25, 0.3) is 6.43 Å². The van der Waals surface area contributed by atoms with Crippen LogP contribution < -0.4 is 15.2 Å². The Morgan fingerprint density at radius 1 is 1.05 bits per heavy atom. The maximum absolute atomic E-state index is 12.7. The summed E-state index contributed by atoms with van der Waals surface area (Å²) in [4.78, 5) is 0. The molecule has 3 nitrogen and oxygen atoms in total. The highest BCUT2D eigenvalue weighted by Crippen LogP contribution is 2.31. The summed E-state index contributed by atoms with van der Waals surface area (Å²) in [7, 11) is 1.50. The quantitative estimate of drug-likeness (QED) is 0.886. The number of alkyl halides is 2. The fraction of sp³-hybridized carbons (Fsp3) is 0.250. The first kappa shape index (κ1) is 15.3. The van der Waals surface area contributed by atoms with E-state index in [9.17, 15) is 8.78 Å². The molecule has 0 aliphatic rings. The Kier molecular flexibility index (Phi) is 5.11. The molecule has 0 fully saturated rings. The van der Waals surface area contributed by atoms with E-state index in [0.717, 1.165) is 5.56 Å². The third-order valence-corrected chi connectivity index (χ3v) is 3.08. The monoisotopic (exact) mass is 293 g/mol. The summed E-state index contributed by atoms with van der Waals surface area (Å²) in [5, 5.41) is 0. The van der Waals surface area contributed by atoms with Crippen molar-refractivity contribution < 1.29 is 18.3 Å². The fourth-order valence-electron chi connectivity index (χ4n) is 1.89. The number of benzene rings is 2. The molecular weight excluding hydrogens is 276 g/mol. The predicted octanol–water partition coefficient (Wildman–Crippen LogP) is 3.54. The molecule has 0 heterocycles. The van der Waals surface area contributed by atoms with Crippen molar-refractivity contribution in [2.45, 2.75) is 19.1 Å². The second-order valence-electron chi connectivity index (χ2n) is 4.54. The molecular formula is C16H17F2NO2. The van der Waals surface area contributed by atoms with Gasteiger partial charge in [0, 0.05) is 0 Å². The van der Waals surface area contributed by atoms with E-state index < -0.39 is 12.5 Å². The van der Waals surface area contributed by atoms with Crippen molar-refractivity contribution in [1.29, 1.82) is 0 Å². The SMILES string of the molecule is COc1ccc([C@@H](N)C(F)F)cc1OCc1ccccc1. The number of hydrogen-bond donors (Lipinski definition) is 1. The van der Waals surface area contributed by atoms with Crippen molar-refractivity contribution in [3.05, 3.63) is 59.7 Å². The summed E-state index contributed by atoms with van der Waals surface area (Å²) in [6.45, 7) is 0.324. The number of hydrogen-bond acceptors (Lipinski definition) is 3. The van der Waals surface area contributed by atoms with Gasteiger partial charge in [-0.25, -0.2) is 8.78 Å². The van der Waals surface area contributed by atoms with E-state index in [0.29, 0.717) is 23.7 Å². The molecule has 0 aliphatic carbocycles. The topological polar surface area (TPSA) is 44.5 Å². The van der Waals surface area contributed by atoms with Crippen LogP contribution in [-0.4, -0.2) is 13.5 Å². The molecule has 0 radical (unpaired) electrons. The van der Waals surface area contributed by atoms with Crippen molar-refractivity contribution in [2.24, 2.45) is 5.73 Å². The molecule has 112 valence electrons. The Bertz CT molecular complexity index is 576. The number of nitrogens with two attached hydrogens (primary N) is 1. The van der Waals surface area contributed by atoms with Gasteiger partial charge in [-0.3, -0.25) is 0 Å². The van der Waals surface area contributed by atoms with Crippen LogP contribution in [0.1, 0.15) is 17.2 Å². The highest BCUT2D eigenvalue weighted by Gasteiger charge is 2.19. The Hall–Kier alpha value is -2.14. The van der Waals surface area contributed by atoms with Gasteiger partial charge in [0.2, 0.25) is 0 Å². The average Bonchev–Trinajstić information content (AvgIpc) is 2.52. The Morgan fingerprint density at radius 3 is 2.38 bits per heavy atom. The first-order valence-electron chi connectivity index (χ1n) is 6.50. The fourth-order valence-corrected chi connectivity index (χ4v) is 1.89. The van der Waals surface area contributed by atoms with E-state index in [1.54, 1.807) is 6.07 Å². The van der Waals surface area contributed by atoms with E-state index in [2.05, 4.69) is 0 Å². The number of rotatable bonds is 6. The zero-order valence-electron chi connectivity index (χ0n) is 11.6. The van der Waals surface area contributed by atoms with Crippen LogP contribution in [0, 0.1) is 0 Å². The molecule has 0 saturated carbocycles. The second-order valence-corrected chi connectivity index (χ2v) is 4.54. The van der Waals surface area contributed by atoms with Gasteiger partial charge in [-0.1, -0.05) is 36.4 Å². The summed E-state index contributed by atoms with van der Waals surface area (Å²) in [6.07, 6.45) is -2.62. The minimum absolute atomic E-state index is 0.314. The number of ether oxygens (including phenoxy) is 2. The van der Waals surface area contributed by atoms with Gasteiger partial charge in [0.1, 0.15) is 6.61 Å². The van der Waals surface area contributed by atoms with Crippen molar-refractivity contribution in [3.8, 4) is 11.5 Å². The molecule has 2 aromatic rings. The van der Waals surface area contributed by atoms with Crippen LogP contribution in [0.5, 0.6) is 11.5 Å². The predicted molar refractivity (Wildman–Crippen MR) is 76.7 cm³/mol. The highest BCUT2D eigenvalue weighted by molar-refractivity contribution is 5.44. The zero-order valence-corrected chi connectivity index (χ0v) is 11.6. The van der Waals surface area contributed by atoms with Crippen LogP contribution >= 0.6 is 0 Å². The average molecular weight is 293 g/mol. The molecule has 5 heteroatoms. The standard InChI is InChI=1S/C16H17F2NO2/c1-20-13-8-7-12(15(19)16(17)18)9-14(13)21-10-11-5-3-2-4-6-11/h2-9,15-16H,10,19H2,1H3/t15-/m1/s1. The van der Waals surface area contributed by atoms with Gasteiger partial charge in [-0.05, 0) is 23.3 Å². The molecule has 2 N–H and O–H groups in total. The lowest BCUT2D eigenvalue weighted by Gasteiger charge is -2.15. The van der Waals surface area contributed by atoms with Crippen LogP contribution in [0.2, 0.25) is 0 Å². The minimum atomic E-state index is -2.62. The van der Waals surface area contributed by atoms with Crippen molar-refractivity contribution in [1.82, 2.24) is 0 Å². The lowest BCUT2D eigenvalue weighted by molar-refractivity contribution is 0.116. The molecule has 0 amide bonds. The molecule has 0 unspecified atom stereocenters. The molecule has 2 rings (SSSR count). The molecule has 0 saturated heterocycles. The summed E-state index contributed by atoms with van der Waals surface area (Å²) >= 11 is 0. The van der Waals surface area contributed by atoms with Gasteiger partial charge < -0.3 is 15.2 Å². The lowest BCUT2D eigenvalue weighted by Crippen LogP contribution is -2.18. The zero-order chi connectivity index (χ0) is 15.2. The van der Waals surface area contributed by atoms with Crippen LogP contribution in [0.4, 0.5) is 8.78 Å². The number of methoxy groups -OCH3 is 1. The Balaban J connectivity index is 2.18. The molecule has 21 heavy (non-hydrogen) atoms. The third kappa shape index (κ3) is 3.92. The Labute approximate surface area is 122 Å². The molecule has 0 aliphatic heterocycles. The third-order valence-electron chi connectivity index (χ3n) is 3.08. The number of halogens is 2. The van der Waals surface area contributed by atoms with Crippen LogP contribution in [0.15, 0.2) is 48.5 Å². The Morgan fingerprint density at radius 2 is 1.76 bits per heavy atom. The summed E-state index contributed by atoms with van der Waals surface area (Å²) < 4.78 is 36.2. The van der Waals surface area contributed by atoms with Gasteiger partial charge in [0.15, 0.2) is 11.5 Å². The van der Waals surface area contributed by atoms with Gasteiger partial charge >= 0.3 is 0 Å². The van der Waals surface area contributed by atoms with Crippen molar-refractivity contribution in [3.63, 3.8) is 0 Å². The van der Waals surface area contributed by atoms with E-state index in [-0.39, 0.29) is 0 Å². The summed E-state index contributed by atoms with van der Waals surface area (Å²) in [5.41, 5.74) is 6.75. The highest BCUT2D eigenvalue weighted by atomic mass is 19.3. The van der Waals surface area contributed by atoms with E-state index in [1.807, 2.05) is 30.3 Å². The largest absolute Gasteiger partial charge is 0.493 e. The van der Waals surface area contributed by atoms with Crippen LogP contribution in [0.25, 0.3) is 0 Å². The maximum Gasteiger partial charge on any atom is 0.257 e. The van der Waals surface area contributed by atoms with E-state index in [1.165, 1.54) is 19.2 Å². The van der Waals surface area contributed by atoms with Gasteiger partial charge in [0.05, 0.1) is 13.2 Å². The first-order valence-corrected chi connectivity index (χ1v) is 6.50. The molecule has 0 spiro atoms. The van der Waals surface area contributed by atoms with E-state index >= 15 is 0 Å². The van der Waals surface area contributed by atoms with Crippen LogP contribution in [-0.2, 0) is 6.61 Å². The molecule has 2 aromatic carbocycles. The molecule has 0 bridgehead atoms. The van der Waals surface area contributed by atoms with E-state index in [4.69, 9.17) is 15.2 Å². The first-order chi connectivity index (χ1) is 10.1. The normalized spacial score (nSPS) is 12.2. The smallest absolute Gasteiger partial charge is 0.257 e. The molecule has 0 aromatic heterocycles. The van der Waals surface area contributed by atoms with Crippen LogP contribution in [0.3, 0.4) is 0 Å². The van der Waals surface area contributed by atoms with Crippen molar-refractivity contribution >= 4 is 0 Å². The summed E-state index contributed by atoms with van der Waals surface area (Å²) in [6, 6.07) is 12.8. The summed E-state index contributed by atoms with van der Waals surface area (Å²) in [5.74, 6) is 0.881. The lowest BCUT2D eigenvalue weighted by atomic mass is 10.1. The second kappa shape index (κ2) is 7.04. The minimum Gasteiger partial charge on any atom is -0.493 e. The maximum atomic E-state index is 12.7.